The van der Waals surface area contributed by atoms with Gasteiger partial charge in [0.15, 0.2) is 5.82 Å². The molecule has 0 unspecified atom stereocenters. The molecule has 0 aliphatic heterocycles. The Kier molecular flexibility index (Phi) is 4.68. The molecule has 23 heavy (non-hydrogen) atoms. The van der Waals surface area contributed by atoms with Crippen LogP contribution in [0, 0.1) is 0 Å². The number of benzene rings is 2. The van der Waals surface area contributed by atoms with Crippen molar-refractivity contribution in [3.8, 4) is 0 Å². The van der Waals surface area contributed by atoms with Crippen LogP contribution in [0.15, 0.2) is 60.8 Å². The summed E-state index contributed by atoms with van der Waals surface area (Å²) in [6.07, 6.45) is 1.58. The molecular weight excluding hydrogens is 310 g/mol. The lowest BCUT2D eigenvalue weighted by Gasteiger charge is -2.17. The van der Waals surface area contributed by atoms with E-state index >= 15 is 0 Å². The second kappa shape index (κ2) is 7.07. The van der Waals surface area contributed by atoms with Crippen molar-refractivity contribution in [2.24, 2.45) is 0 Å². The maximum atomic E-state index is 5.99. The fourth-order valence-electron chi connectivity index (χ4n) is 2.16. The number of aromatic nitrogens is 3. The van der Waals surface area contributed by atoms with Gasteiger partial charge in [0.1, 0.15) is 0 Å². The number of rotatable bonds is 5. The summed E-state index contributed by atoms with van der Waals surface area (Å²) >= 11 is 5.99. The number of nitrogens with one attached hydrogen (secondary N) is 1. The minimum absolute atomic E-state index is 0.556. The van der Waals surface area contributed by atoms with Crippen LogP contribution in [0.4, 0.5) is 17.5 Å². The summed E-state index contributed by atoms with van der Waals surface area (Å²) in [5.74, 6) is 1.18. The van der Waals surface area contributed by atoms with Crippen molar-refractivity contribution in [3.63, 3.8) is 0 Å². The topological polar surface area (TPSA) is 53.9 Å². The summed E-state index contributed by atoms with van der Waals surface area (Å²) in [5.41, 5.74) is 2.04. The molecule has 0 saturated carbocycles. The molecule has 0 fully saturated rings. The fourth-order valence-corrected chi connectivity index (χ4v) is 2.35. The standard InChI is InChI=1S/C17H16ClN5/c1-23(12-13-6-3-2-4-7-13)17-21-16(11-19-22-17)20-15-9-5-8-14(18)10-15/h2-11H,12H2,1H3,(H,20,21,22). The van der Waals surface area contributed by atoms with Crippen molar-refractivity contribution in [1.29, 1.82) is 0 Å². The molecule has 0 bridgehead atoms. The number of anilines is 3. The zero-order valence-electron chi connectivity index (χ0n) is 12.6. The first kappa shape index (κ1) is 15.2. The Morgan fingerprint density at radius 3 is 2.70 bits per heavy atom. The summed E-state index contributed by atoms with van der Waals surface area (Å²) < 4.78 is 0. The third-order valence-electron chi connectivity index (χ3n) is 3.25. The fraction of sp³-hybridized carbons (Fsp3) is 0.118. The van der Waals surface area contributed by atoms with Gasteiger partial charge in [-0.1, -0.05) is 48.0 Å². The summed E-state index contributed by atoms with van der Waals surface area (Å²) in [6.45, 7) is 0.711. The average Bonchev–Trinajstić information content (AvgIpc) is 2.56. The summed E-state index contributed by atoms with van der Waals surface area (Å²) in [7, 11) is 1.94. The average molecular weight is 326 g/mol. The Morgan fingerprint density at radius 1 is 1.09 bits per heavy atom. The minimum atomic E-state index is 0.556. The third-order valence-corrected chi connectivity index (χ3v) is 3.48. The van der Waals surface area contributed by atoms with Gasteiger partial charge in [0.2, 0.25) is 5.95 Å². The normalized spacial score (nSPS) is 10.3. The van der Waals surface area contributed by atoms with Crippen LogP contribution in [-0.4, -0.2) is 22.2 Å². The van der Waals surface area contributed by atoms with Crippen LogP contribution < -0.4 is 10.2 Å². The van der Waals surface area contributed by atoms with E-state index in [-0.39, 0.29) is 0 Å². The van der Waals surface area contributed by atoms with Crippen LogP contribution in [-0.2, 0) is 6.54 Å². The molecule has 3 aromatic rings. The van der Waals surface area contributed by atoms with Crippen molar-refractivity contribution in [1.82, 2.24) is 15.2 Å². The van der Waals surface area contributed by atoms with Crippen molar-refractivity contribution in [3.05, 3.63) is 71.4 Å². The maximum Gasteiger partial charge on any atom is 0.247 e. The van der Waals surface area contributed by atoms with Gasteiger partial charge >= 0.3 is 0 Å². The predicted octanol–water partition coefficient (Wildman–Crippen LogP) is 3.91. The van der Waals surface area contributed by atoms with Gasteiger partial charge < -0.3 is 10.2 Å². The van der Waals surface area contributed by atoms with E-state index in [9.17, 15) is 0 Å². The number of nitrogens with zero attached hydrogens (tertiary/aromatic N) is 4. The van der Waals surface area contributed by atoms with Gasteiger partial charge in [-0.05, 0) is 23.8 Å². The van der Waals surface area contributed by atoms with Gasteiger partial charge in [-0.3, -0.25) is 0 Å². The first-order valence-electron chi connectivity index (χ1n) is 7.18. The molecule has 3 rings (SSSR count). The van der Waals surface area contributed by atoms with Crippen LogP contribution >= 0.6 is 11.6 Å². The van der Waals surface area contributed by atoms with E-state index in [2.05, 4.69) is 32.6 Å². The number of hydrogen-bond donors (Lipinski definition) is 1. The molecule has 1 heterocycles. The predicted molar refractivity (Wildman–Crippen MR) is 93.1 cm³/mol. The van der Waals surface area contributed by atoms with Crippen LogP contribution in [0.5, 0.6) is 0 Å². The maximum absolute atomic E-state index is 5.99. The smallest absolute Gasteiger partial charge is 0.247 e. The zero-order chi connectivity index (χ0) is 16.1. The first-order valence-corrected chi connectivity index (χ1v) is 7.56. The van der Waals surface area contributed by atoms with E-state index < -0.39 is 0 Å². The van der Waals surface area contributed by atoms with Crippen molar-refractivity contribution < 1.29 is 0 Å². The molecule has 5 nitrogen and oxygen atoms in total. The summed E-state index contributed by atoms with van der Waals surface area (Å²) in [5, 5.41) is 12.0. The Bertz CT molecular complexity index is 779. The third kappa shape index (κ3) is 4.17. The van der Waals surface area contributed by atoms with Crippen molar-refractivity contribution >= 4 is 29.1 Å². The number of hydrogen-bond acceptors (Lipinski definition) is 5. The highest BCUT2D eigenvalue weighted by Gasteiger charge is 2.07. The molecule has 2 aromatic carbocycles. The lowest BCUT2D eigenvalue weighted by Crippen LogP contribution is -2.19. The second-order valence-corrected chi connectivity index (χ2v) is 5.56. The van der Waals surface area contributed by atoms with Crippen molar-refractivity contribution in [2.75, 3.05) is 17.3 Å². The van der Waals surface area contributed by atoms with E-state index in [1.807, 2.05) is 54.4 Å². The quantitative estimate of drug-likeness (QED) is 0.771. The van der Waals surface area contributed by atoms with Crippen LogP contribution in [0.3, 0.4) is 0 Å². The first-order chi connectivity index (χ1) is 11.2. The molecule has 0 spiro atoms. The van der Waals surface area contributed by atoms with Crippen molar-refractivity contribution in [2.45, 2.75) is 6.54 Å². The molecule has 0 aliphatic rings. The largest absolute Gasteiger partial charge is 0.339 e. The Hall–Kier alpha value is -2.66. The zero-order valence-corrected chi connectivity index (χ0v) is 13.4. The molecule has 0 saturated heterocycles. The molecule has 0 amide bonds. The highest BCUT2D eigenvalue weighted by Crippen LogP contribution is 2.19. The van der Waals surface area contributed by atoms with Gasteiger partial charge in [-0.25, -0.2) is 0 Å². The SMILES string of the molecule is CN(Cc1ccccc1)c1nncc(Nc2cccc(Cl)c2)n1. The van der Waals surface area contributed by atoms with Gasteiger partial charge in [0.25, 0.3) is 0 Å². The van der Waals surface area contributed by atoms with Crippen LogP contribution in [0.1, 0.15) is 5.56 Å². The summed E-state index contributed by atoms with van der Waals surface area (Å²) in [4.78, 5) is 6.44. The van der Waals surface area contributed by atoms with E-state index in [0.717, 1.165) is 5.69 Å². The van der Waals surface area contributed by atoms with Gasteiger partial charge in [-0.2, -0.15) is 10.1 Å². The van der Waals surface area contributed by atoms with Gasteiger partial charge in [0.05, 0.1) is 6.20 Å². The molecule has 116 valence electrons. The molecule has 6 heteroatoms. The molecule has 1 aromatic heterocycles. The molecule has 0 radical (unpaired) electrons. The molecule has 0 atom stereocenters. The second-order valence-electron chi connectivity index (χ2n) is 5.12. The minimum Gasteiger partial charge on any atom is -0.339 e. The molecular formula is C17H16ClN5. The van der Waals surface area contributed by atoms with Gasteiger partial charge in [-0.15, -0.1) is 5.10 Å². The summed E-state index contributed by atoms with van der Waals surface area (Å²) in [6, 6.07) is 17.6. The Morgan fingerprint density at radius 2 is 1.91 bits per heavy atom. The lowest BCUT2D eigenvalue weighted by molar-refractivity contribution is 0.831. The number of halogens is 1. The highest BCUT2D eigenvalue weighted by atomic mass is 35.5. The lowest BCUT2D eigenvalue weighted by atomic mass is 10.2. The van der Waals surface area contributed by atoms with E-state index in [0.29, 0.717) is 23.3 Å². The van der Waals surface area contributed by atoms with E-state index in [1.165, 1.54) is 5.56 Å². The van der Waals surface area contributed by atoms with E-state index in [4.69, 9.17) is 11.6 Å². The molecule has 0 aliphatic carbocycles. The van der Waals surface area contributed by atoms with Crippen LogP contribution in [0.2, 0.25) is 5.02 Å². The monoisotopic (exact) mass is 325 g/mol. The van der Waals surface area contributed by atoms with Gasteiger partial charge in [0, 0.05) is 24.3 Å². The highest BCUT2D eigenvalue weighted by molar-refractivity contribution is 6.30. The van der Waals surface area contributed by atoms with Crippen LogP contribution in [0.25, 0.3) is 0 Å². The van der Waals surface area contributed by atoms with E-state index in [1.54, 1.807) is 6.20 Å². The molecule has 1 N–H and O–H groups in total. The Labute approximate surface area is 140 Å². The Balaban J connectivity index is 1.74.